The number of carbonyl (C=O) groups excluding carboxylic acids is 2. The molecule has 0 radical (unpaired) electrons. The lowest BCUT2D eigenvalue weighted by molar-refractivity contribution is -0.141. The molecule has 9 heterocycles. The molecule has 1 aliphatic carbocycles. The molecule has 5 fully saturated rings. The van der Waals surface area contributed by atoms with Crippen LogP contribution in [-0.4, -0.2) is 172 Å². The molecule has 10 rings (SSSR count). The predicted octanol–water partition coefficient (Wildman–Crippen LogP) is 4.73. The number of ether oxygens (including phenoxy) is 9. The van der Waals surface area contributed by atoms with Crippen LogP contribution in [0.1, 0.15) is 89.3 Å². The number of amides is 3. The third-order valence-corrected chi connectivity index (χ3v) is 16.5. The van der Waals surface area contributed by atoms with E-state index in [1.807, 2.05) is 53.0 Å². The maximum atomic E-state index is 12.1. The summed E-state index contributed by atoms with van der Waals surface area (Å²) in [7, 11) is 12.1. The Morgan fingerprint density at radius 3 is 1.80 bits per heavy atom. The number of imide groups is 1. The number of methoxy groups -OCH3 is 5. The van der Waals surface area contributed by atoms with Gasteiger partial charge in [-0.05, 0) is 59.8 Å². The molecule has 80 heavy (non-hydrogen) atoms. The van der Waals surface area contributed by atoms with Gasteiger partial charge in [0.1, 0.15) is 23.7 Å². The molecule has 26 nitrogen and oxygen atoms in total. The van der Waals surface area contributed by atoms with E-state index < -0.39 is 16.8 Å². The summed E-state index contributed by atoms with van der Waals surface area (Å²) in [5.74, 6) is 4.22. The van der Waals surface area contributed by atoms with E-state index in [1.54, 1.807) is 66.7 Å². The van der Waals surface area contributed by atoms with Gasteiger partial charge in [0.15, 0.2) is 35.7 Å². The molecular weight excluding hydrogens is 1080 g/mol. The van der Waals surface area contributed by atoms with Crippen molar-refractivity contribution in [1.82, 2.24) is 48.8 Å². The van der Waals surface area contributed by atoms with Crippen LogP contribution in [0, 0.1) is 38.0 Å². The van der Waals surface area contributed by atoms with Crippen LogP contribution >= 0.6 is 23.5 Å². The van der Waals surface area contributed by atoms with Crippen LogP contribution in [0.25, 0.3) is 11.2 Å². The first kappa shape index (κ1) is 63.9. The second-order valence-electron chi connectivity index (χ2n) is 20.9. The normalized spacial score (nSPS) is 28.5. The lowest BCUT2D eigenvalue weighted by Crippen LogP contribution is -2.65. The van der Waals surface area contributed by atoms with E-state index in [0.29, 0.717) is 29.9 Å². The van der Waals surface area contributed by atoms with Gasteiger partial charge in [-0.1, -0.05) is 49.5 Å². The molecule has 0 bridgehead atoms. The minimum atomic E-state index is -0.625. The number of nitrogen functional groups attached to an aromatic ring is 2. The quantitative estimate of drug-likeness (QED) is 0.171. The molecule has 28 heteroatoms. The maximum Gasteiger partial charge on any atom is 0.351 e. The minimum Gasteiger partial charge on any atom is -0.383 e. The molecule has 5 saturated heterocycles. The smallest absolute Gasteiger partial charge is 0.351 e. The number of allylic oxidation sites excluding steroid dienone is 1. The highest BCUT2D eigenvalue weighted by atomic mass is 32.2. The van der Waals surface area contributed by atoms with Gasteiger partial charge >= 0.3 is 17.4 Å². The van der Waals surface area contributed by atoms with Crippen molar-refractivity contribution in [2.24, 2.45) is 17.3 Å². The number of rotatable bonds is 11. The fraction of sp³-hybridized carbons (Fsp3) is 0.673. The molecular formula is C52H81N13O13S2. The van der Waals surface area contributed by atoms with Gasteiger partial charge in [0, 0.05) is 104 Å². The van der Waals surface area contributed by atoms with Crippen LogP contribution in [0.4, 0.5) is 22.2 Å². The van der Waals surface area contributed by atoms with E-state index >= 15 is 0 Å². The SMILES string of the molecule is COC1C=CC(n2cnc3c(N(C)C)nc(C)nc32)C1.COC1CC(C)CO1.COC1OC(n2cc(C)c(N)nc2=O)CS1.COC1OC(n2cc(C)c(N)nc2=O)CS1.COCC1OC(N2C(=O)NC(=O)C(C)(C)C2C)CC1C. The minimum absolute atomic E-state index is 0.00857. The zero-order valence-corrected chi connectivity index (χ0v) is 50.1. The summed E-state index contributed by atoms with van der Waals surface area (Å²) < 4.78 is 52.7. The van der Waals surface area contributed by atoms with Crippen molar-refractivity contribution in [2.45, 2.75) is 135 Å². The van der Waals surface area contributed by atoms with E-state index in [1.165, 1.54) is 32.7 Å². The van der Waals surface area contributed by atoms with Gasteiger partial charge in [-0.25, -0.2) is 29.3 Å². The summed E-state index contributed by atoms with van der Waals surface area (Å²) in [6.07, 6.45) is 11.4. The Kier molecular flexibility index (Phi) is 22.9. The largest absolute Gasteiger partial charge is 0.383 e. The topological polar surface area (TPSA) is 301 Å². The van der Waals surface area contributed by atoms with Crippen molar-refractivity contribution in [1.29, 1.82) is 0 Å². The monoisotopic (exact) mass is 1160 g/mol. The van der Waals surface area contributed by atoms with Crippen molar-refractivity contribution >= 4 is 64.1 Å². The average molecular weight is 1160 g/mol. The number of aromatic nitrogens is 8. The molecule has 5 aliphatic heterocycles. The fourth-order valence-electron chi connectivity index (χ4n) is 9.16. The van der Waals surface area contributed by atoms with Crippen LogP contribution in [0.15, 0.2) is 40.5 Å². The molecule has 4 aromatic heterocycles. The Labute approximate surface area is 475 Å². The van der Waals surface area contributed by atoms with E-state index in [0.717, 1.165) is 59.8 Å². The number of hydrogen-bond donors (Lipinski definition) is 3. The number of nitrogens with two attached hydrogens (primary N) is 2. The Balaban J connectivity index is 0.000000165. The van der Waals surface area contributed by atoms with Gasteiger partial charge in [0.25, 0.3) is 0 Å². The highest BCUT2D eigenvalue weighted by Crippen LogP contribution is 2.37. The Hall–Kier alpha value is -5.27. The summed E-state index contributed by atoms with van der Waals surface area (Å²) in [4.78, 5) is 71.9. The number of nitrogens with one attached hydrogen (secondary N) is 1. The van der Waals surface area contributed by atoms with Crippen LogP contribution < -0.4 is 33.1 Å². The fourth-order valence-corrected chi connectivity index (χ4v) is 11.0. The predicted molar refractivity (Wildman–Crippen MR) is 303 cm³/mol. The van der Waals surface area contributed by atoms with Crippen molar-refractivity contribution in [3.05, 3.63) is 68.8 Å². The molecule has 0 saturated carbocycles. The standard InChI is InChI=1S/C14H19N5O.C14H24N2O4.2C9H13N3O3S.C6H12O2/c1-9-16-13(18(2)3)12-14(17-9)19(8-15-12)10-5-6-11(7-10)20-4;1-8-6-11(20-10(8)7-19-5)16-9(2)14(3,4)12(17)15-13(16)18;2*1-5-3-12(8(13)11-7(5)10)6-4-16-9(14-2)15-6;1-5-3-6(7-2)8-4-5/h5-6,8,10-11H,7H2,1-4H3;8-11H,6-7H2,1-5H3,(H,15,17,18);2*3,6,9H,4H2,1-2H3,(H2,10,11,13);5-6H,3-4H2,1-2H3. The highest BCUT2D eigenvalue weighted by molar-refractivity contribution is 8.00. The van der Waals surface area contributed by atoms with Gasteiger partial charge in [0.2, 0.25) is 17.2 Å². The van der Waals surface area contributed by atoms with Crippen molar-refractivity contribution in [3.8, 4) is 0 Å². The van der Waals surface area contributed by atoms with Crippen LogP contribution in [0.5, 0.6) is 0 Å². The summed E-state index contributed by atoms with van der Waals surface area (Å²) in [5, 5.41) is 2.43. The van der Waals surface area contributed by atoms with E-state index in [4.69, 9.17) is 54.1 Å². The molecule has 4 aromatic rings. The van der Waals surface area contributed by atoms with E-state index in [2.05, 4.69) is 60.8 Å². The second-order valence-corrected chi connectivity index (χ2v) is 23.0. The number of thioether (sulfide) groups is 2. The number of anilines is 3. The number of urea groups is 1. The number of carbonyl (C=O) groups is 2. The lowest BCUT2D eigenvalue weighted by atomic mass is 9.81. The zero-order valence-electron chi connectivity index (χ0n) is 48.5. The van der Waals surface area contributed by atoms with Crippen molar-refractivity contribution in [2.75, 3.05) is 90.7 Å². The first-order valence-electron chi connectivity index (χ1n) is 26.3. The van der Waals surface area contributed by atoms with Gasteiger partial charge in [-0.2, -0.15) is 9.97 Å². The van der Waals surface area contributed by atoms with Gasteiger partial charge in [0.05, 0.1) is 43.2 Å². The molecule has 6 aliphatic rings. The van der Waals surface area contributed by atoms with Crippen molar-refractivity contribution in [3.63, 3.8) is 0 Å². The zero-order chi connectivity index (χ0) is 58.7. The third-order valence-electron chi connectivity index (χ3n) is 14.4. The van der Waals surface area contributed by atoms with Crippen LogP contribution in [0.2, 0.25) is 0 Å². The molecule has 5 N–H and O–H groups in total. The Bertz CT molecular complexity index is 2790. The van der Waals surface area contributed by atoms with Crippen LogP contribution in [0.3, 0.4) is 0 Å². The van der Waals surface area contributed by atoms with Gasteiger partial charge in [-0.15, -0.1) is 0 Å². The highest BCUT2D eigenvalue weighted by Gasteiger charge is 2.50. The van der Waals surface area contributed by atoms with Gasteiger partial charge < -0.3 is 63.6 Å². The van der Waals surface area contributed by atoms with Crippen LogP contribution in [-0.2, 0) is 47.4 Å². The molecule has 3 amide bonds. The Morgan fingerprint density at radius 1 is 0.750 bits per heavy atom. The van der Waals surface area contributed by atoms with Gasteiger partial charge in [-0.3, -0.25) is 24.1 Å². The Morgan fingerprint density at radius 2 is 1.34 bits per heavy atom. The average Bonchev–Trinajstić information content (AvgIpc) is 4.42. The number of imidazole rings is 1. The summed E-state index contributed by atoms with van der Waals surface area (Å²) in [5.41, 5.74) is 12.3. The van der Waals surface area contributed by atoms with E-state index in [-0.39, 0.29) is 84.1 Å². The molecule has 12 unspecified atom stereocenters. The number of fused-ring (bicyclic) bond motifs is 1. The molecule has 444 valence electrons. The number of nitrogens with zero attached hydrogens (tertiary/aromatic N) is 10. The molecule has 0 aromatic carbocycles. The number of hydrogen-bond acceptors (Lipinski definition) is 23. The third kappa shape index (κ3) is 15.6. The molecule has 12 atom stereocenters. The first-order valence-corrected chi connectivity index (χ1v) is 28.4. The second kappa shape index (κ2) is 28.6. The first-order chi connectivity index (χ1) is 37.9. The van der Waals surface area contributed by atoms with Crippen molar-refractivity contribution < 1.29 is 52.2 Å². The van der Waals surface area contributed by atoms with E-state index in [9.17, 15) is 19.2 Å². The summed E-state index contributed by atoms with van der Waals surface area (Å²) >= 11 is 3.00. The molecule has 0 spiro atoms. The maximum absolute atomic E-state index is 12.1. The number of aryl methyl sites for hydroxylation is 3. The summed E-state index contributed by atoms with van der Waals surface area (Å²) in [6, 6.07) is -0.325. The summed E-state index contributed by atoms with van der Waals surface area (Å²) in [6.45, 7) is 16.7. The lowest BCUT2D eigenvalue weighted by Gasteiger charge is -2.45.